The predicted molar refractivity (Wildman–Crippen MR) is 120 cm³/mol. The molecule has 1 aromatic heterocycles. The van der Waals surface area contributed by atoms with Crippen LogP contribution in [0.3, 0.4) is 0 Å². The number of anilines is 1. The van der Waals surface area contributed by atoms with Crippen LogP contribution in [0.1, 0.15) is 42.3 Å². The molecule has 0 saturated carbocycles. The highest BCUT2D eigenvalue weighted by Crippen LogP contribution is 2.28. The molecule has 2 heterocycles. The average molecular weight is 436 g/mol. The van der Waals surface area contributed by atoms with E-state index in [0.29, 0.717) is 35.5 Å². The lowest BCUT2D eigenvalue weighted by Crippen LogP contribution is -2.35. The van der Waals surface area contributed by atoms with Gasteiger partial charge < -0.3 is 10.2 Å². The molecule has 0 saturated heterocycles. The van der Waals surface area contributed by atoms with Gasteiger partial charge in [0.05, 0.1) is 4.92 Å². The number of thiophene rings is 1. The van der Waals surface area contributed by atoms with Crippen LogP contribution in [-0.4, -0.2) is 28.2 Å². The minimum Gasteiger partial charge on any atom is -0.334 e. The van der Waals surface area contributed by atoms with Crippen LogP contribution in [0.25, 0.3) is 0 Å². The highest BCUT2D eigenvalue weighted by molar-refractivity contribution is 7.10. The summed E-state index contributed by atoms with van der Waals surface area (Å²) in [6.45, 7) is 4.59. The van der Waals surface area contributed by atoms with Gasteiger partial charge in [-0.15, -0.1) is 11.3 Å². The van der Waals surface area contributed by atoms with Gasteiger partial charge in [0.15, 0.2) is 0 Å². The Bertz CT molecular complexity index is 1200. The summed E-state index contributed by atoms with van der Waals surface area (Å²) in [7, 11) is 0. The molecule has 1 N–H and O–H groups in total. The third-order valence-electron chi connectivity index (χ3n) is 5.65. The summed E-state index contributed by atoms with van der Waals surface area (Å²) in [5.41, 5.74) is 3.32. The second-order valence-electron chi connectivity index (χ2n) is 7.48. The van der Waals surface area contributed by atoms with Gasteiger partial charge in [0, 0.05) is 46.4 Å². The molecule has 3 aromatic rings. The highest BCUT2D eigenvalue weighted by atomic mass is 32.1. The van der Waals surface area contributed by atoms with E-state index in [1.165, 1.54) is 22.6 Å². The lowest BCUT2D eigenvalue weighted by molar-refractivity contribution is -0.385. The largest absolute Gasteiger partial charge is 0.334 e. The standard InChI is InChI=1S/C23H21N3O4S/c1-14-18(23(28)25-11-9-21-16(13-25)10-12-31-21)6-3-7-19(14)24-22(27)17-5-4-8-20(15(17)2)26(29)30/h3-8,10,12H,9,11,13H2,1-2H3,(H,24,27). The quantitative estimate of drug-likeness (QED) is 0.474. The molecule has 2 aromatic carbocycles. The molecule has 7 nitrogen and oxygen atoms in total. The summed E-state index contributed by atoms with van der Waals surface area (Å²) in [6.07, 6.45) is 0.847. The van der Waals surface area contributed by atoms with Gasteiger partial charge in [-0.3, -0.25) is 19.7 Å². The van der Waals surface area contributed by atoms with Gasteiger partial charge in [0.25, 0.3) is 17.5 Å². The van der Waals surface area contributed by atoms with Crippen LogP contribution in [0.2, 0.25) is 0 Å². The zero-order valence-corrected chi connectivity index (χ0v) is 18.0. The van der Waals surface area contributed by atoms with E-state index >= 15 is 0 Å². The summed E-state index contributed by atoms with van der Waals surface area (Å²) in [6, 6.07) is 11.7. The van der Waals surface area contributed by atoms with Crippen molar-refractivity contribution in [1.29, 1.82) is 0 Å². The van der Waals surface area contributed by atoms with E-state index in [0.717, 1.165) is 6.42 Å². The van der Waals surface area contributed by atoms with Crippen LogP contribution in [-0.2, 0) is 13.0 Å². The van der Waals surface area contributed by atoms with Gasteiger partial charge in [-0.2, -0.15) is 0 Å². The smallest absolute Gasteiger partial charge is 0.273 e. The summed E-state index contributed by atoms with van der Waals surface area (Å²) < 4.78 is 0. The Morgan fingerprint density at radius 1 is 1.06 bits per heavy atom. The number of rotatable bonds is 4. The Kier molecular flexibility index (Phi) is 5.56. The third kappa shape index (κ3) is 3.94. The molecule has 0 bridgehead atoms. The van der Waals surface area contributed by atoms with Gasteiger partial charge in [-0.05, 0) is 61.0 Å². The zero-order valence-electron chi connectivity index (χ0n) is 17.2. The van der Waals surface area contributed by atoms with Crippen molar-refractivity contribution in [3.05, 3.63) is 90.7 Å². The minimum absolute atomic E-state index is 0.0722. The van der Waals surface area contributed by atoms with Gasteiger partial charge >= 0.3 is 0 Å². The second kappa shape index (κ2) is 8.31. The zero-order chi connectivity index (χ0) is 22.1. The molecule has 0 radical (unpaired) electrons. The molecule has 2 amide bonds. The van der Waals surface area contributed by atoms with E-state index < -0.39 is 10.8 Å². The highest BCUT2D eigenvalue weighted by Gasteiger charge is 2.25. The van der Waals surface area contributed by atoms with Crippen molar-refractivity contribution in [1.82, 2.24) is 4.90 Å². The molecule has 0 aliphatic carbocycles. The molecule has 4 rings (SSSR count). The normalized spacial score (nSPS) is 12.9. The summed E-state index contributed by atoms with van der Waals surface area (Å²) in [5.74, 6) is -0.522. The van der Waals surface area contributed by atoms with E-state index in [-0.39, 0.29) is 17.2 Å². The van der Waals surface area contributed by atoms with Gasteiger partial charge in [0.2, 0.25) is 0 Å². The van der Waals surface area contributed by atoms with Crippen molar-refractivity contribution >= 4 is 34.5 Å². The monoisotopic (exact) mass is 435 g/mol. The molecule has 31 heavy (non-hydrogen) atoms. The molecule has 0 fully saturated rings. The first-order chi connectivity index (χ1) is 14.9. The number of carbonyl (C=O) groups is 2. The molecule has 0 atom stereocenters. The van der Waals surface area contributed by atoms with E-state index in [4.69, 9.17) is 0 Å². The van der Waals surface area contributed by atoms with Crippen LogP contribution in [0.15, 0.2) is 47.8 Å². The van der Waals surface area contributed by atoms with E-state index in [9.17, 15) is 19.7 Å². The Morgan fingerprint density at radius 3 is 2.58 bits per heavy atom. The number of benzene rings is 2. The number of fused-ring (bicyclic) bond motifs is 1. The maximum Gasteiger partial charge on any atom is 0.273 e. The number of carbonyl (C=O) groups excluding carboxylic acids is 2. The maximum absolute atomic E-state index is 13.2. The van der Waals surface area contributed by atoms with Gasteiger partial charge in [-0.1, -0.05) is 12.1 Å². The number of nitro groups is 1. The molecule has 1 aliphatic rings. The van der Waals surface area contributed by atoms with Crippen molar-refractivity contribution in [3.63, 3.8) is 0 Å². The fourth-order valence-electron chi connectivity index (χ4n) is 3.85. The average Bonchev–Trinajstić information content (AvgIpc) is 3.22. The van der Waals surface area contributed by atoms with Crippen LogP contribution >= 0.6 is 11.3 Å². The number of amides is 2. The van der Waals surface area contributed by atoms with Crippen molar-refractivity contribution in [2.24, 2.45) is 0 Å². The number of nitro benzene ring substituents is 1. The fraction of sp³-hybridized carbons (Fsp3) is 0.217. The first kappa shape index (κ1) is 20.7. The summed E-state index contributed by atoms with van der Waals surface area (Å²) in [5, 5.41) is 16.0. The lowest BCUT2D eigenvalue weighted by Gasteiger charge is -2.28. The Hall–Kier alpha value is -3.52. The van der Waals surface area contributed by atoms with Crippen LogP contribution < -0.4 is 5.32 Å². The number of nitrogens with zero attached hydrogens (tertiary/aromatic N) is 2. The topological polar surface area (TPSA) is 92.5 Å². The SMILES string of the molecule is Cc1c(NC(=O)c2cccc([N+](=O)[O-])c2C)cccc1C(=O)N1CCc2sccc2C1. The summed E-state index contributed by atoms with van der Waals surface area (Å²) >= 11 is 1.72. The second-order valence-corrected chi connectivity index (χ2v) is 8.49. The minimum atomic E-state index is -0.506. The molecule has 158 valence electrons. The molecule has 8 heteroatoms. The van der Waals surface area contributed by atoms with Crippen molar-refractivity contribution < 1.29 is 14.5 Å². The van der Waals surface area contributed by atoms with Crippen molar-refractivity contribution in [3.8, 4) is 0 Å². The maximum atomic E-state index is 13.2. The van der Waals surface area contributed by atoms with E-state index in [1.54, 1.807) is 49.4 Å². The predicted octanol–water partition coefficient (Wildman–Crippen LogP) is 4.72. The van der Waals surface area contributed by atoms with Gasteiger partial charge in [0.1, 0.15) is 0 Å². The first-order valence-electron chi connectivity index (χ1n) is 9.86. The molecular weight excluding hydrogens is 414 g/mol. The lowest BCUT2D eigenvalue weighted by atomic mass is 10.0. The van der Waals surface area contributed by atoms with Gasteiger partial charge in [-0.25, -0.2) is 0 Å². The van der Waals surface area contributed by atoms with Crippen molar-refractivity contribution in [2.75, 3.05) is 11.9 Å². The number of hydrogen-bond acceptors (Lipinski definition) is 5. The molecule has 0 unspecified atom stereocenters. The molecular formula is C23H21N3O4S. The van der Waals surface area contributed by atoms with E-state index in [1.807, 2.05) is 4.90 Å². The molecule has 0 spiro atoms. The van der Waals surface area contributed by atoms with Crippen LogP contribution in [0.5, 0.6) is 0 Å². The Balaban J connectivity index is 1.57. The van der Waals surface area contributed by atoms with Crippen LogP contribution in [0.4, 0.5) is 11.4 Å². The molecule has 1 aliphatic heterocycles. The van der Waals surface area contributed by atoms with E-state index in [2.05, 4.69) is 16.8 Å². The number of nitrogens with one attached hydrogen (secondary N) is 1. The number of hydrogen-bond donors (Lipinski definition) is 1. The van der Waals surface area contributed by atoms with Crippen LogP contribution in [0, 0.1) is 24.0 Å². The first-order valence-corrected chi connectivity index (χ1v) is 10.7. The Morgan fingerprint density at radius 2 is 1.81 bits per heavy atom. The summed E-state index contributed by atoms with van der Waals surface area (Å²) in [4.78, 5) is 39.8. The Labute approximate surface area is 183 Å². The third-order valence-corrected chi connectivity index (χ3v) is 6.68. The fourth-order valence-corrected chi connectivity index (χ4v) is 4.74. The van der Waals surface area contributed by atoms with Crippen molar-refractivity contribution in [2.45, 2.75) is 26.8 Å².